The van der Waals surface area contributed by atoms with Gasteiger partial charge in [-0.05, 0) is 57.4 Å². The molecule has 0 aromatic carbocycles. The van der Waals surface area contributed by atoms with E-state index in [1.807, 2.05) is 33.3 Å². The Morgan fingerprint density at radius 2 is 0.763 bits per heavy atom. The zero-order valence-corrected chi connectivity index (χ0v) is 52.4. The third-order valence-electron chi connectivity index (χ3n) is 15.1. The predicted octanol–water partition coefficient (Wildman–Crippen LogP) is 20.5. The molecule has 0 aliphatic rings. The number of allylic oxidation sites excluding steroid dienone is 3. The summed E-state index contributed by atoms with van der Waals surface area (Å²) in [6.45, 7) is 7.06. The Labute approximate surface area is 473 Å². The lowest BCUT2D eigenvalue weighted by molar-refractivity contribution is -0.870. The molecule has 76 heavy (non-hydrogen) atoms. The summed E-state index contributed by atoms with van der Waals surface area (Å²) in [6, 6.07) is -0.845. The van der Waals surface area contributed by atoms with Gasteiger partial charge < -0.3 is 19.4 Å². The molecule has 0 fully saturated rings. The van der Waals surface area contributed by atoms with Crippen molar-refractivity contribution in [1.82, 2.24) is 5.32 Å². The number of rotatable bonds is 61. The van der Waals surface area contributed by atoms with Crippen molar-refractivity contribution in [3.63, 3.8) is 0 Å². The second-order valence-electron chi connectivity index (χ2n) is 24.0. The summed E-state index contributed by atoms with van der Waals surface area (Å²) in [5.74, 6) is -0.491. The highest BCUT2D eigenvalue weighted by atomic mass is 31.2. The smallest absolute Gasteiger partial charge is 0.456 e. The van der Waals surface area contributed by atoms with E-state index in [1.165, 1.54) is 244 Å². The highest BCUT2D eigenvalue weighted by Gasteiger charge is 2.30. The number of carbonyl (C=O) groups is 2. The Morgan fingerprint density at radius 3 is 1.12 bits per heavy atom. The molecule has 0 rings (SSSR count). The molecular weight excluding hydrogens is 964 g/mol. The number of likely N-dealkylation sites (N-methyl/N-ethyl adjacent to an activating group) is 1. The first-order valence-corrected chi connectivity index (χ1v) is 34.7. The van der Waals surface area contributed by atoms with Gasteiger partial charge >= 0.3 is 13.8 Å². The van der Waals surface area contributed by atoms with Gasteiger partial charge in [0.2, 0.25) is 5.91 Å². The van der Waals surface area contributed by atoms with Crippen molar-refractivity contribution in [2.24, 2.45) is 0 Å². The summed E-state index contributed by atoms with van der Waals surface area (Å²) in [4.78, 5) is 37.8. The van der Waals surface area contributed by atoms with Crippen LogP contribution in [0.3, 0.4) is 0 Å². The van der Waals surface area contributed by atoms with Gasteiger partial charge in [-0.2, -0.15) is 0 Å². The Morgan fingerprint density at radius 1 is 0.447 bits per heavy atom. The van der Waals surface area contributed by atoms with Gasteiger partial charge in [0.05, 0.1) is 33.8 Å². The van der Waals surface area contributed by atoms with E-state index in [4.69, 9.17) is 13.8 Å². The van der Waals surface area contributed by atoms with E-state index in [0.29, 0.717) is 23.9 Å². The molecule has 3 unspecified atom stereocenters. The topological polar surface area (TPSA) is 111 Å². The Bertz CT molecular complexity index is 1350. The van der Waals surface area contributed by atoms with Gasteiger partial charge in [0.15, 0.2) is 0 Å². The van der Waals surface area contributed by atoms with Crippen LogP contribution in [0.5, 0.6) is 0 Å². The average molecular weight is 1090 g/mol. The van der Waals surface area contributed by atoms with Crippen LogP contribution < -0.4 is 5.32 Å². The molecule has 0 saturated heterocycles. The van der Waals surface area contributed by atoms with Crippen LogP contribution in [0.4, 0.5) is 0 Å². The molecule has 0 aromatic heterocycles. The molecule has 9 nitrogen and oxygen atoms in total. The molecule has 0 saturated carbocycles. The molecule has 10 heteroatoms. The molecule has 1 amide bonds. The molecule has 0 radical (unpaired) electrons. The minimum Gasteiger partial charge on any atom is -0.456 e. The maximum atomic E-state index is 13.6. The number of quaternary nitrogens is 1. The first-order valence-electron chi connectivity index (χ1n) is 33.2. The predicted molar refractivity (Wildman–Crippen MR) is 328 cm³/mol. The number of nitrogens with one attached hydrogen (secondary N) is 1. The van der Waals surface area contributed by atoms with Crippen molar-refractivity contribution in [1.29, 1.82) is 0 Å². The van der Waals surface area contributed by atoms with Gasteiger partial charge in [0.25, 0.3) is 0 Å². The third-order valence-corrected chi connectivity index (χ3v) is 16.1. The van der Waals surface area contributed by atoms with Gasteiger partial charge in [-0.15, -0.1) is 0 Å². The Kier molecular flexibility index (Phi) is 55.6. The number of phosphoric ester groups is 1. The number of hydrogen-bond donors (Lipinski definition) is 2. The zero-order valence-electron chi connectivity index (χ0n) is 51.5. The van der Waals surface area contributed by atoms with Gasteiger partial charge in [0.1, 0.15) is 19.3 Å². The number of carbonyl (C=O) groups excluding carboxylic acids is 2. The molecule has 0 bridgehead atoms. The minimum atomic E-state index is -4.45. The van der Waals surface area contributed by atoms with Crippen LogP contribution >= 0.6 is 7.82 Å². The number of unbranched alkanes of at least 4 members (excludes halogenated alkanes) is 43. The van der Waals surface area contributed by atoms with Crippen molar-refractivity contribution in [3.8, 4) is 0 Å². The van der Waals surface area contributed by atoms with E-state index in [2.05, 4.69) is 38.2 Å². The van der Waals surface area contributed by atoms with Crippen molar-refractivity contribution >= 4 is 19.7 Å². The van der Waals surface area contributed by atoms with Crippen LogP contribution in [0, 0.1) is 0 Å². The Hall–Kier alpha value is -1.51. The highest BCUT2D eigenvalue weighted by Crippen LogP contribution is 2.43. The van der Waals surface area contributed by atoms with Crippen LogP contribution in [-0.2, 0) is 27.9 Å². The largest absolute Gasteiger partial charge is 0.472 e. The number of amides is 1. The molecule has 0 heterocycles. The van der Waals surface area contributed by atoms with E-state index in [-0.39, 0.29) is 25.1 Å². The third kappa shape index (κ3) is 57.2. The van der Waals surface area contributed by atoms with Crippen LogP contribution in [0.2, 0.25) is 0 Å². The lowest BCUT2D eigenvalue weighted by Gasteiger charge is -2.27. The summed E-state index contributed by atoms with van der Waals surface area (Å²) in [5, 5.41) is 3.07. The summed E-state index contributed by atoms with van der Waals surface area (Å²) < 4.78 is 30.8. The van der Waals surface area contributed by atoms with Gasteiger partial charge in [-0.3, -0.25) is 18.6 Å². The molecule has 3 atom stereocenters. The molecule has 2 N–H and O–H groups in total. The maximum Gasteiger partial charge on any atom is 0.472 e. The lowest BCUT2D eigenvalue weighted by atomic mass is 10.0. The summed E-state index contributed by atoms with van der Waals surface area (Å²) in [7, 11) is 1.51. The summed E-state index contributed by atoms with van der Waals surface area (Å²) in [6.07, 6.45) is 67.5. The first-order chi connectivity index (χ1) is 36.9. The molecule has 0 aromatic rings. The Balaban J connectivity index is 5.14. The molecule has 0 spiro atoms. The van der Waals surface area contributed by atoms with E-state index >= 15 is 0 Å². The van der Waals surface area contributed by atoms with E-state index in [0.717, 1.165) is 57.8 Å². The van der Waals surface area contributed by atoms with E-state index in [1.54, 1.807) is 0 Å². The monoisotopic (exact) mass is 1090 g/mol. The van der Waals surface area contributed by atoms with E-state index < -0.39 is 20.0 Å². The first kappa shape index (κ1) is 74.5. The SMILES string of the molecule is CCCCCCCC/C=C/CCCCCCCCCC(=O)NC(COP(=O)(O)OCC[N+](C)(C)C)C(/C=C/CCCCCCCCCCCC)OC(=O)CCCCCCCCCCCCCCCCCCCCCCC. The van der Waals surface area contributed by atoms with Crippen LogP contribution in [0.1, 0.15) is 335 Å². The van der Waals surface area contributed by atoms with Gasteiger partial charge in [-0.1, -0.05) is 289 Å². The van der Waals surface area contributed by atoms with E-state index in [9.17, 15) is 19.0 Å². The van der Waals surface area contributed by atoms with Crippen molar-refractivity contribution in [2.75, 3.05) is 40.9 Å². The second-order valence-corrected chi connectivity index (χ2v) is 25.5. The number of nitrogens with zero attached hydrogens (tertiary/aromatic N) is 1. The fourth-order valence-corrected chi connectivity index (χ4v) is 10.7. The van der Waals surface area contributed by atoms with Crippen LogP contribution in [0.15, 0.2) is 24.3 Å². The van der Waals surface area contributed by atoms with Gasteiger partial charge in [-0.25, -0.2) is 4.57 Å². The quantitative estimate of drug-likeness (QED) is 0.0205. The number of ether oxygens (including phenoxy) is 1. The average Bonchev–Trinajstić information content (AvgIpc) is 3.38. The molecule has 0 aliphatic carbocycles. The van der Waals surface area contributed by atoms with Crippen molar-refractivity contribution in [2.45, 2.75) is 348 Å². The molecule has 450 valence electrons. The number of phosphoric acid groups is 1. The maximum absolute atomic E-state index is 13.6. The second kappa shape index (κ2) is 56.8. The zero-order chi connectivity index (χ0) is 55.7. The van der Waals surface area contributed by atoms with Crippen molar-refractivity contribution < 1.29 is 37.3 Å². The highest BCUT2D eigenvalue weighted by molar-refractivity contribution is 7.47. The fraction of sp³-hybridized carbons (Fsp3) is 0.909. The standard InChI is InChI=1S/C66H129N2O7P/c1-7-10-13-16-19-22-25-28-30-32-33-34-35-37-39-41-44-47-50-53-56-59-66(70)75-64(57-54-51-48-45-42-27-24-21-18-15-12-9-3)63(62-74-76(71,72)73-61-60-68(4,5)6)67-65(69)58-55-52-49-46-43-40-38-36-31-29-26-23-20-17-14-11-8-2/h29,31,54,57,63-64H,7-28,30,32-53,55-56,58-62H2,1-6H3,(H-,67,69,71,72)/p+1/b31-29+,57-54+. The van der Waals surface area contributed by atoms with Gasteiger partial charge in [0, 0.05) is 12.8 Å². The minimum absolute atomic E-state index is 0.0430. The van der Waals surface area contributed by atoms with Crippen LogP contribution in [0.25, 0.3) is 0 Å². The van der Waals surface area contributed by atoms with Crippen LogP contribution in [-0.4, -0.2) is 74.3 Å². The summed E-state index contributed by atoms with van der Waals surface area (Å²) >= 11 is 0. The van der Waals surface area contributed by atoms with Crippen molar-refractivity contribution in [3.05, 3.63) is 24.3 Å². The molecule has 0 aliphatic heterocycles. The number of esters is 1. The summed E-state index contributed by atoms with van der Waals surface area (Å²) in [5.41, 5.74) is 0. The fourth-order valence-electron chi connectivity index (χ4n) is 10.00. The number of hydrogen-bond acceptors (Lipinski definition) is 6. The lowest BCUT2D eigenvalue weighted by Crippen LogP contribution is -2.47. The molecular formula is C66H130N2O7P+. The normalized spacial score (nSPS) is 13.7.